The van der Waals surface area contributed by atoms with E-state index in [9.17, 15) is 9.59 Å². The Labute approximate surface area is 171 Å². The quantitative estimate of drug-likeness (QED) is 0.771. The van der Waals surface area contributed by atoms with Gasteiger partial charge in [-0.15, -0.1) is 0 Å². The zero-order valence-corrected chi connectivity index (χ0v) is 17.4. The molecule has 4 rings (SSSR count). The van der Waals surface area contributed by atoms with Crippen LogP contribution in [0.3, 0.4) is 0 Å². The van der Waals surface area contributed by atoms with E-state index in [-0.39, 0.29) is 23.9 Å². The van der Waals surface area contributed by atoms with Gasteiger partial charge in [0, 0.05) is 17.2 Å². The minimum absolute atomic E-state index is 0.141. The number of aryl methyl sites for hydroxylation is 2. The summed E-state index contributed by atoms with van der Waals surface area (Å²) >= 11 is 0. The molecule has 2 atom stereocenters. The first-order chi connectivity index (χ1) is 13.8. The molecule has 0 saturated carbocycles. The Morgan fingerprint density at radius 2 is 1.62 bits per heavy atom. The molecule has 2 unspecified atom stereocenters. The summed E-state index contributed by atoms with van der Waals surface area (Å²) < 4.78 is 6.13. The van der Waals surface area contributed by atoms with Gasteiger partial charge in [0.05, 0.1) is 6.04 Å². The molecule has 0 aliphatic carbocycles. The first-order valence-corrected chi connectivity index (χ1v) is 10.3. The summed E-state index contributed by atoms with van der Waals surface area (Å²) in [6.07, 6.45) is 1.39. The molecular weight excluding hydrogens is 364 g/mol. The van der Waals surface area contributed by atoms with Crippen molar-refractivity contribution >= 4 is 11.8 Å². The van der Waals surface area contributed by atoms with Crippen LogP contribution in [0, 0.1) is 25.7 Å². The van der Waals surface area contributed by atoms with Crippen molar-refractivity contribution in [1.29, 1.82) is 0 Å². The molecule has 2 amide bonds. The third kappa shape index (κ3) is 3.74. The summed E-state index contributed by atoms with van der Waals surface area (Å²) in [5.74, 6) is 0.810. The fraction of sp³-hybridized carbons (Fsp3) is 0.417. The zero-order valence-electron chi connectivity index (χ0n) is 17.4. The van der Waals surface area contributed by atoms with Crippen LogP contribution >= 0.6 is 0 Å². The lowest BCUT2D eigenvalue weighted by molar-refractivity contribution is -0.138. The molecule has 0 aromatic heterocycles. The van der Waals surface area contributed by atoms with Gasteiger partial charge in [-0.3, -0.25) is 9.59 Å². The van der Waals surface area contributed by atoms with Crippen molar-refractivity contribution in [2.24, 2.45) is 11.8 Å². The van der Waals surface area contributed by atoms with Gasteiger partial charge < -0.3 is 15.4 Å². The van der Waals surface area contributed by atoms with E-state index in [0.717, 1.165) is 40.2 Å². The fourth-order valence-electron chi connectivity index (χ4n) is 4.20. The van der Waals surface area contributed by atoms with E-state index in [1.54, 1.807) is 0 Å². The molecule has 1 saturated heterocycles. The number of ether oxygens (including phenoxy) is 1. The molecule has 2 N–H and O–H groups in total. The zero-order chi connectivity index (χ0) is 20.7. The average molecular weight is 392 g/mol. The summed E-state index contributed by atoms with van der Waals surface area (Å²) in [6, 6.07) is 11.8. The number of piperidine rings is 1. The van der Waals surface area contributed by atoms with Crippen LogP contribution in [0.4, 0.5) is 0 Å². The van der Waals surface area contributed by atoms with Gasteiger partial charge in [-0.1, -0.05) is 38.1 Å². The Hall–Kier alpha value is -2.82. The topological polar surface area (TPSA) is 67.4 Å². The van der Waals surface area contributed by atoms with Crippen LogP contribution in [0.15, 0.2) is 36.4 Å². The van der Waals surface area contributed by atoms with Gasteiger partial charge in [0.1, 0.15) is 17.4 Å². The second-order valence-electron chi connectivity index (χ2n) is 8.62. The number of fused-ring (bicyclic) bond motifs is 2. The molecule has 0 spiro atoms. The van der Waals surface area contributed by atoms with Crippen molar-refractivity contribution in [1.82, 2.24) is 10.6 Å². The molecule has 0 bridgehead atoms. The van der Waals surface area contributed by atoms with Crippen LogP contribution in [0.25, 0.3) is 0 Å². The Morgan fingerprint density at radius 3 is 2.14 bits per heavy atom. The second kappa shape index (κ2) is 7.54. The van der Waals surface area contributed by atoms with Gasteiger partial charge in [0.15, 0.2) is 0 Å². The molecule has 2 aromatic carbocycles. The number of nitrogens with one attached hydrogen (secondary N) is 2. The maximum Gasteiger partial charge on any atom is 0.233 e. The normalized spacial score (nSPS) is 21.1. The number of hydrogen-bond donors (Lipinski definition) is 2. The van der Waals surface area contributed by atoms with Crippen LogP contribution < -0.4 is 15.4 Å². The number of rotatable bonds is 3. The number of amides is 2. The first kappa shape index (κ1) is 19.5. The molecule has 5 nitrogen and oxygen atoms in total. The molecule has 0 radical (unpaired) electrons. The van der Waals surface area contributed by atoms with Crippen LogP contribution in [0.5, 0.6) is 11.5 Å². The lowest BCUT2D eigenvalue weighted by Crippen LogP contribution is -2.51. The van der Waals surface area contributed by atoms with E-state index in [2.05, 4.69) is 24.5 Å². The number of hydrogen-bond acceptors (Lipinski definition) is 3. The Balaban J connectivity index is 1.62. The number of benzene rings is 2. The lowest BCUT2D eigenvalue weighted by Gasteiger charge is -2.33. The Morgan fingerprint density at radius 1 is 1.03 bits per heavy atom. The first-order valence-electron chi connectivity index (χ1n) is 10.3. The molecule has 1 fully saturated rings. The van der Waals surface area contributed by atoms with Crippen LogP contribution in [-0.2, 0) is 9.59 Å². The molecule has 2 heterocycles. The van der Waals surface area contributed by atoms with Gasteiger partial charge in [0.25, 0.3) is 0 Å². The smallest absolute Gasteiger partial charge is 0.233 e. The molecule has 29 heavy (non-hydrogen) atoms. The predicted octanol–water partition coefficient (Wildman–Crippen LogP) is 4.17. The van der Waals surface area contributed by atoms with E-state index < -0.39 is 5.92 Å². The minimum atomic E-state index is -0.657. The third-order valence-corrected chi connectivity index (χ3v) is 6.00. The second-order valence-corrected chi connectivity index (χ2v) is 8.62. The summed E-state index contributed by atoms with van der Waals surface area (Å²) in [5.41, 5.74) is 4.01. The SMILES string of the molecule is Cc1ccc2c(c1)Oc1cc(C)ccc1C2NC(=O)C1CCC(C(C)C)NC1=O. The van der Waals surface area contributed by atoms with Gasteiger partial charge in [-0.2, -0.15) is 0 Å². The monoisotopic (exact) mass is 392 g/mol. The van der Waals surface area contributed by atoms with Gasteiger partial charge >= 0.3 is 0 Å². The number of carbonyl (C=O) groups is 2. The highest BCUT2D eigenvalue weighted by Gasteiger charge is 2.37. The van der Waals surface area contributed by atoms with E-state index in [0.29, 0.717) is 12.3 Å². The molecule has 152 valence electrons. The van der Waals surface area contributed by atoms with Crippen LogP contribution in [0.2, 0.25) is 0 Å². The molecule has 2 aliphatic heterocycles. The third-order valence-electron chi connectivity index (χ3n) is 6.00. The number of carbonyl (C=O) groups excluding carboxylic acids is 2. The van der Waals surface area contributed by atoms with E-state index in [4.69, 9.17) is 4.74 Å². The van der Waals surface area contributed by atoms with Crippen molar-refractivity contribution in [3.05, 3.63) is 58.7 Å². The lowest BCUT2D eigenvalue weighted by atomic mass is 9.87. The van der Waals surface area contributed by atoms with Gasteiger partial charge in [-0.05, 0) is 55.9 Å². The summed E-state index contributed by atoms with van der Waals surface area (Å²) in [6.45, 7) is 8.21. The summed E-state index contributed by atoms with van der Waals surface area (Å²) in [4.78, 5) is 25.7. The van der Waals surface area contributed by atoms with Crippen molar-refractivity contribution in [2.45, 2.75) is 52.6 Å². The minimum Gasteiger partial charge on any atom is -0.457 e. The van der Waals surface area contributed by atoms with E-state index in [1.807, 2.05) is 50.2 Å². The maximum absolute atomic E-state index is 13.1. The summed E-state index contributed by atoms with van der Waals surface area (Å²) in [5, 5.41) is 6.15. The van der Waals surface area contributed by atoms with Crippen molar-refractivity contribution in [3.8, 4) is 11.5 Å². The van der Waals surface area contributed by atoms with Crippen molar-refractivity contribution in [2.75, 3.05) is 0 Å². The van der Waals surface area contributed by atoms with Crippen LogP contribution in [0.1, 0.15) is 55.0 Å². The average Bonchev–Trinajstić information content (AvgIpc) is 2.66. The summed E-state index contributed by atoms with van der Waals surface area (Å²) in [7, 11) is 0. The van der Waals surface area contributed by atoms with E-state index in [1.165, 1.54) is 0 Å². The molecule has 2 aromatic rings. The molecule has 5 heteroatoms. The van der Waals surface area contributed by atoms with Gasteiger partial charge in [0.2, 0.25) is 11.8 Å². The maximum atomic E-state index is 13.1. The van der Waals surface area contributed by atoms with Crippen LogP contribution in [-0.4, -0.2) is 17.9 Å². The largest absolute Gasteiger partial charge is 0.457 e. The highest BCUT2D eigenvalue weighted by atomic mass is 16.5. The Kier molecular flexibility index (Phi) is 5.07. The molecule has 2 aliphatic rings. The highest BCUT2D eigenvalue weighted by Crippen LogP contribution is 2.43. The van der Waals surface area contributed by atoms with Crippen molar-refractivity contribution in [3.63, 3.8) is 0 Å². The predicted molar refractivity (Wildman–Crippen MR) is 112 cm³/mol. The molecular formula is C24H28N2O3. The standard InChI is InChI=1S/C24H28N2O3/c1-13(2)19-10-9-18(23(27)25-19)24(28)26-22-16-7-5-14(3)11-20(16)29-21-12-15(4)6-8-17(21)22/h5-8,11-13,18-19,22H,9-10H2,1-4H3,(H,25,27)(H,26,28). The fourth-order valence-corrected chi connectivity index (χ4v) is 4.20. The highest BCUT2D eigenvalue weighted by molar-refractivity contribution is 6.01. The van der Waals surface area contributed by atoms with Gasteiger partial charge in [-0.25, -0.2) is 0 Å². The Bertz CT molecular complexity index is 915. The van der Waals surface area contributed by atoms with Crippen molar-refractivity contribution < 1.29 is 14.3 Å². The van der Waals surface area contributed by atoms with E-state index >= 15 is 0 Å².